The fraction of sp³-hybridized carbons (Fsp3) is 0.700. The molecule has 1 heterocycles. The van der Waals surface area contributed by atoms with E-state index in [4.69, 9.17) is 5.73 Å². The van der Waals surface area contributed by atoms with Crippen LogP contribution in [0.15, 0.2) is 12.3 Å². The summed E-state index contributed by atoms with van der Waals surface area (Å²) >= 11 is 0. The van der Waals surface area contributed by atoms with Crippen molar-refractivity contribution in [2.24, 2.45) is 5.73 Å². The van der Waals surface area contributed by atoms with E-state index in [1.807, 2.05) is 6.07 Å². The van der Waals surface area contributed by atoms with Crippen LogP contribution in [-0.4, -0.2) is 9.78 Å². The van der Waals surface area contributed by atoms with Gasteiger partial charge in [-0.05, 0) is 18.9 Å². The molecule has 2 N–H and O–H groups in total. The quantitative estimate of drug-likeness (QED) is 0.753. The largest absolute Gasteiger partial charge is 0.325 e. The summed E-state index contributed by atoms with van der Waals surface area (Å²) < 4.78 is 2.10. The zero-order valence-corrected chi connectivity index (χ0v) is 7.95. The van der Waals surface area contributed by atoms with E-state index in [1.165, 1.54) is 32.1 Å². The van der Waals surface area contributed by atoms with Crippen LogP contribution in [0.5, 0.6) is 0 Å². The molecule has 3 nitrogen and oxygen atoms in total. The van der Waals surface area contributed by atoms with Crippen molar-refractivity contribution < 1.29 is 0 Å². The van der Waals surface area contributed by atoms with Crippen molar-refractivity contribution in [1.82, 2.24) is 9.78 Å². The van der Waals surface area contributed by atoms with Gasteiger partial charge in [-0.2, -0.15) is 5.10 Å². The van der Waals surface area contributed by atoms with E-state index in [1.54, 1.807) is 0 Å². The van der Waals surface area contributed by atoms with Crippen LogP contribution in [0.2, 0.25) is 0 Å². The average molecular weight is 179 g/mol. The Hall–Kier alpha value is -0.830. The Balaban J connectivity index is 2.05. The number of nitrogens with zero attached hydrogens (tertiary/aromatic N) is 2. The van der Waals surface area contributed by atoms with E-state index < -0.39 is 0 Å². The van der Waals surface area contributed by atoms with Crippen LogP contribution >= 0.6 is 0 Å². The van der Waals surface area contributed by atoms with Gasteiger partial charge in [0.15, 0.2) is 0 Å². The highest BCUT2D eigenvalue weighted by Gasteiger charge is 2.15. The van der Waals surface area contributed by atoms with E-state index in [0.29, 0.717) is 12.6 Å². The van der Waals surface area contributed by atoms with Gasteiger partial charge in [-0.15, -0.1) is 0 Å². The molecule has 13 heavy (non-hydrogen) atoms. The van der Waals surface area contributed by atoms with Gasteiger partial charge >= 0.3 is 0 Å². The fourth-order valence-corrected chi connectivity index (χ4v) is 2.04. The van der Waals surface area contributed by atoms with Crippen molar-refractivity contribution in [1.29, 1.82) is 0 Å². The maximum atomic E-state index is 5.52. The molecule has 0 spiro atoms. The van der Waals surface area contributed by atoms with Crippen molar-refractivity contribution in [3.05, 3.63) is 18.0 Å². The zero-order chi connectivity index (χ0) is 9.10. The molecule has 1 aromatic rings. The normalized spacial score (nSPS) is 19.2. The van der Waals surface area contributed by atoms with E-state index in [0.717, 1.165) is 5.69 Å². The maximum Gasteiger partial charge on any atom is 0.0760 e. The molecular formula is C10H17N3. The highest BCUT2D eigenvalue weighted by atomic mass is 15.3. The molecule has 0 bridgehead atoms. The van der Waals surface area contributed by atoms with Gasteiger partial charge in [0.2, 0.25) is 0 Å². The minimum atomic E-state index is 0.555. The number of hydrogen-bond acceptors (Lipinski definition) is 2. The SMILES string of the molecule is NCc1ccn(C2CCCCC2)n1. The van der Waals surface area contributed by atoms with Gasteiger partial charge in [-0.3, -0.25) is 4.68 Å². The van der Waals surface area contributed by atoms with Gasteiger partial charge in [-0.25, -0.2) is 0 Å². The number of aromatic nitrogens is 2. The van der Waals surface area contributed by atoms with E-state index in [9.17, 15) is 0 Å². The van der Waals surface area contributed by atoms with Crippen molar-refractivity contribution in [3.63, 3.8) is 0 Å². The number of hydrogen-bond donors (Lipinski definition) is 1. The molecule has 1 fully saturated rings. The van der Waals surface area contributed by atoms with Crippen molar-refractivity contribution in [3.8, 4) is 0 Å². The van der Waals surface area contributed by atoms with Crippen LogP contribution < -0.4 is 5.73 Å². The molecule has 0 amide bonds. The monoisotopic (exact) mass is 179 g/mol. The maximum absolute atomic E-state index is 5.52. The van der Waals surface area contributed by atoms with Gasteiger partial charge in [0.05, 0.1) is 11.7 Å². The lowest BCUT2D eigenvalue weighted by Crippen LogP contribution is -2.13. The highest BCUT2D eigenvalue weighted by Crippen LogP contribution is 2.27. The van der Waals surface area contributed by atoms with Crippen LogP contribution in [0.1, 0.15) is 43.8 Å². The van der Waals surface area contributed by atoms with Crippen molar-refractivity contribution in [2.75, 3.05) is 0 Å². The summed E-state index contributed by atoms with van der Waals surface area (Å²) in [5, 5.41) is 4.44. The minimum absolute atomic E-state index is 0.555. The van der Waals surface area contributed by atoms with Crippen LogP contribution in [-0.2, 0) is 6.54 Å². The second-order valence-corrected chi connectivity index (χ2v) is 3.78. The predicted octanol–water partition coefficient (Wildman–Crippen LogP) is 1.85. The topological polar surface area (TPSA) is 43.8 Å². The molecule has 72 valence electrons. The summed E-state index contributed by atoms with van der Waals surface area (Å²) in [5.74, 6) is 0. The van der Waals surface area contributed by atoms with Gasteiger partial charge in [0.25, 0.3) is 0 Å². The summed E-state index contributed by atoms with van der Waals surface area (Å²) in [5.41, 5.74) is 6.52. The van der Waals surface area contributed by atoms with Crippen LogP contribution in [0.4, 0.5) is 0 Å². The average Bonchev–Trinajstić information content (AvgIpc) is 2.67. The summed E-state index contributed by atoms with van der Waals surface area (Å²) in [7, 11) is 0. The third-order valence-electron chi connectivity index (χ3n) is 2.82. The van der Waals surface area contributed by atoms with Crippen molar-refractivity contribution in [2.45, 2.75) is 44.7 Å². The van der Waals surface area contributed by atoms with Crippen LogP contribution in [0.25, 0.3) is 0 Å². The molecule has 0 aromatic carbocycles. The summed E-state index contributed by atoms with van der Waals surface area (Å²) in [6, 6.07) is 2.66. The number of rotatable bonds is 2. The summed E-state index contributed by atoms with van der Waals surface area (Å²) in [4.78, 5) is 0. The zero-order valence-electron chi connectivity index (χ0n) is 7.95. The molecule has 0 unspecified atom stereocenters. The second-order valence-electron chi connectivity index (χ2n) is 3.78. The fourth-order valence-electron chi connectivity index (χ4n) is 2.04. The predicted molar refractivity (Wildman–Crippen MR) is 52.2 cm³/mol. The molecule has 0 aliphatic heterocycles. The Morgan fingerprint density at radius 1 is 1.38 bits per heavy atom. The van der Waals surface area contributed by atoms with Gasteiger partial charge in [0, 0.05) is 12.7 Å². The Bertz CT molecular complexity index is 261. The summed E-state index contributed by atoms with van der Waals surface area (Å²) in [6.07, 6.45) is 8.72. The van der Waals surface area contributed by atoms with E-state index in [2.05, 4.69) is 16.0 Å². The second kappa shape index (κ2) is 3.92. The smallest absolute Gasteiger partial charge is 0.0760 e. The molecule has 0 saturated heterocycles. The molecule has 2 rings (SSSR count). The van der Waals surface area contributed by atoms with Gasteiger partial charge < -0.3 is 5.73 Å². The Labute approximate surface area is 78.9 Å². The Morgan fingerprint density at radius 2 is 2.15 bits per heavy atom. The first-order valence-corrected chi connectivity index (χ1v) is 5.14. The first kappa shape index (κ1) is 8.75. The third-order valence-corrected chi connectivity index (χ3v) is 2.82. The Morgan fingerprint density at radius 3 is 2.77 bits per heavy atom. The molecule has 0 radical (unpaired) electrons. The molecule has 3 heteroatoms. The van der Waals surface area contributed by atoms with E-state index in [-0.39, 0.29) is 0 Å². The van der Waals surface area contributed by atoms with Crippen molar-refractivity contribution >= 4 is 0 Å². The third kappa shape index (κ3) is 1.91. The molecular weight excluding hydrogens is 162 g/mol. The molecule has 0 atom stereocenters. The first-order valence-electron chi connectivity index (χ1n) is 5.14. The van der Waals surface area contributed by atoms with Gasteiger partial charge in [0.1, 0.15) is 0 Å². The lowest BCUT2D eigenvalue weighted by molar-refractivity contribution is 0.328. The minimum Gasteiger partial charge on any atom is -0.325 e. The molecule has 1 aromatic heterocycles. The lowest BCUT2D eigenvalue weighted by atomic mass is 9.96. The standard InChI is InChI=1S/C10H17N3/c11-8-9-6-7-13(12-9)10-4-2-1-3-5-10/h6-7,10H,1-5,8,11H2. The van der Waals surface area contributed by atoms with Crippen LogP contribution in [0.3, 0.4) is 0 Å². The highest BCUT2D eigenvalue weighted by molar-refractivity contribution is 4.98. The van der Waals surface area contributed by atoms with E-state index >= 15 is 0 Å². The number of nitrogens with two attached hydrogens (primary N) is 1. The molecule has 1 saturated carbocycles. The lowest BCUT2D eigenvalue weighted by Gasteiger charge is -2.21. The summed E-state index contributed by atoms with van der Waals surface area (Å²) in [6.45, 7) is 0.555. The molecule has 1 aliphatic rings. The first-order chi connectivity index (χ1) is 6.40. The Kier molecular flexibility index (Phi) is 2.64. The van der Waals surface area contributed by atoms with Gasteiger partial charge in [-0.1, -0.05) is 19.3 Å². The van der Waals surface area contributed by atoms with Crippen LogP contribution in [0, 0.1) is 0 Å². The molecule has 1 aliphatic carbocycles.